The number of benzene rings is 2. The molecule has 3 atom stereocenters. The first kappa shape index (κ1) is 17.7. The number of aliphatic hydroxyl groups excluding tert-OH is 1. The minimum Gasteiger partial charge on any atom is -0.492 e. The maximum Gasteiger partial charge on any atom is 0.126 e. The van der Waals surface area contributed by atoms with Crippen molar-refractivity contribution in [2.24, 2.45) is 0 Å². The van der Waals surface area contributed by atoms with Crippen LogP contribution in [0.5, 0.6) is 11.5 Å². The van der Waals surface area contributed by atoms with Gasteiger partial charge in [-0.15, -0.1) is 0 Å². The predicted octanol–water partition coefficient (Wildman–Crippen LogP) is 3.16. The van der Waals surface area contributed by atoms with Gasteiger partial charge in [0.1, 0.15) is 36.1 Å². The van der Waals surface area contributed by atoms with E-state index in [9.17, 15) is 9.50 Å². The average molecular weight is 345 g/mol. The topological polar surface area (TPSA) is 50.7 Å². The Hall–Kier alpha value is -2.11. The summed E-state index contributed by atoms with van der Waals surface area (Å²) in [5, 5.41) is 13.9. The summed E-state index contributed by atoms with van der Waals surface area (Å²) in [5.74, 6) is 1.14. The van der Waals surface area contributed by atoms with Gasteiger partial charge in [0.25, 0.3) is 0 Å². The largest absolute Gasteiger partial charge is 0.492 e. The molecule has 3 rings (SSSR count). The molecule has 2 aromatic carbocycles. The molecule has 0 amide bonds. The molecule has 1 aliphatic carbocycles. The minimum absolute atomic E-state index is 0.0146. The average Bonchev–Trinajstić information content (AvgIpc) is 2.64. The van der Waals surface area contributed by atoms with E-state index in [0.717, 1.165) is 25.0 Å². The third kappa shape index (κ3) is 5.18. The van der Waals surface area contributed by atoms with E-state index < -0.39 is 6.10 Å². The first-order valence-corrected chi connectivity index (χ1v) is 8.74. The van der Waals surface area contributed by atoms with Crippen molar-refractivity contribution in [3.63, 3.8) is 0 Å². The van der Waals surface area contributed by atoms with E-state index >= 15 is 0 Å². The zero-order chi connectivity index (χ0) is 17.5. The molecule has 5 heteroatoms. The lowest BCUT2D eigenvalue weighted by atomic mass is 9.90. The van der Waals surface area contributed by atoms with E-state index in [1.165, 1.54) is 12.1 Å². The Balaban J connectivity index is 1.43. The molecule has 1 fully saturated rings. The van der Waals surface area contributed by atoms with Gasteiger partial charge in [-0.25, -0.2) is 4.39 Å². The van der Waals surface area contributed by atoms with Crippen molar-refractivity contribution in [2.75, 3.05) is 13.2 Å². The van der Waals surface area contributed by atoms with Crippen LogP contribution in [0.1, 0.15) is 19.3 Å². The number of hydrogen-bond donors (Lipinski definition) is 2. The van der Waals surface area contributed by atoms with Gasteiger partial charge in [-0.05, 0) is 55.7 Å². The number of nitrogens with one attached hydrogen (secondary N) is 1. The lowest BCUT2D eigenvalue weighted by molar-refractivity contribution is -0.0158. The lowest BCUT2D eigenvalue weighted by Gasteiger charge is -2.35. The molecule has 0 radical (unpaired) electrons. The smallest absolute Gasteiger partial charge is 0.126 e. The fraction of sp³-hybridized carbons (Fsp3) is 0.400. The molecule has 0 heterocycles. The molecule has 0 unspecified atom stereocenters. The van der Waals surface area contributed by atoms with Gasteiger partial charge in [0.05, 0.1) is 0 Å². The summed E-state index contributed by atoms with van der Waals surface area (Å²) in [6.45, 7) is 1.07. The molecule has 1 saturated carbocycles. The standard InChI is InChI=1S/C20H24FNO3/c21-15-9-11-16(12-10-15)24-14-13-22-18-7-4-8-19(20(18)23)25-17-5-2-1-3-6-17/h1-3,5-6,9-12,18-20,22-23H,4,7-8,13-14H2/t18-,19+,20+/m0/s1. The van der Waals surface area contributed by atoms with E-state index in [4.69, 9.17) is 9.47 Å². The van der Waals surface area contributed by atoms with Crippen LogP contribution in [-0.2, 0) is 0 Å². The molecule has 0 aliphatic heterocycles. The minimum atomic E-state index is -0.556. The zero-order valence-corrected chi connectivity index (χ0v) is 14.1. The van der Waals surface area contributed by atoms with Gasteiger partial charge < -0.3 is 19.9 Å². The number of rotatable bonds is 7. The molecule has 25 heavy (non-hydrogen) atoms. The van der Waals surface area contributed by atoms with Crippen molar-refractivity contribution >= 4 is 0 Å². The maximum absolute atomic E-state index is 12.8. The van der Waals surface area contributed by atoms with Gasteiger partial charge in [-0.3, -0.25) is 0 Å². The van der Waals surface area contributed by atoms with Crippen LogP contribution >= 0.6 is 0 Å². The second-order valence-corrected chi connectivity index (χ2v) is 6.25. The first-order chi connectivity index (χ1) is 12.2. The van der Waals surface area contributed by atoms with Crippen LogP contribution in [0.4, 0.5) is 4.39 Å². The van der Waals surface area contributed by atoms with E-state index in [0.29, 0.717) is 18.9 Å². The van der Waals surface area contributed by atoms with Crippen LogP contribution in [-0.4, -0.2) is 36.5 Å². The number of halogens is 1. The third-order valence-electron chi connectivity index (χ3n) is 4.42. The van der Waals surface area contributed by atoms with Gasteiger partial charge in [0.15, 0.2) is 0 Å². The van der Waals surface area contributed by atoms with Gasteiger partial charge in [-0.1, -0.05) is 18.2 Å². The number of aliphatic hydroxyl groups is 1. The van der Waals surface area contributed by atoms with E-state index in [2.05, 4.69) is 5.32 Å². The molecular weight excluding hydrogens is 321 g/mol. The molecule has 0 spiro atoms. The summed E-state index contributed by atoms with van der Waals surface area (Å²) in [6, 6.07) is 15.5. The monoisotopic (exact) mass is 345 g/mol. The summed E-state index contributed by atoms with van der Waals surface area (Å²) in [4.78, 5) is 0. The SMILES string of the molecule is O[C@@H]1[C@@H](NCCOc2ccc(F)cc2)CCC[C@H]1Oc1ccccc1. The van der Waals surface area contributed by atoms with E-state index in [1.807, 2.05) is 30.3 Å². The van der Waals surface area contributed by atoms with Crippen molar-refractivity contribution < 1.29 is 19.0 Å². The zero-order valence-electron chi connectivity index (χ0n) is 14.1. The van der Waals surface area contributed by atoms with E-state index in [1.54, 1.807) is 12.1 Å². The highest BCUT2D eigenvalue weighted by Crippen LogP contribution is 2.24. The molecule has 4 nitrogen and oxygen atoms in total. The third-order valence-corrected chi connectivity index (χ3v) is 4.42. The van der Waals surface area contributed by atoms with Crippen molar-refractivity contribution in [3.8, 4) is 11.5 Å². The molecule has 1 aliphatic rings. The highest BCUT2D eigenvalue weighted by molar-refractivity contribution is 5.22. The van der Waals surface area contributed by atoms with Gasteiger partial charge >= 0.3 is 0 Å². The normalized spacial score (nSPS) is 23.2. The summed E-state index contributed by atoms with van der Waals surface area (Å²) in [5.41, 5.74) is 0. The van der Waals surface area contributed by atoms with Crippen molar-refractivity contribution in [2.45, 2.75) is 37.5 Å². The Morgan fingerprint density at radius 2 is 1.76 bits per heavy atom. The Labute approximate surface area is 147 Å². The molecule has 0 saturated heterocycles. The molecule has 0 aromatic heterocycles. The fourth-order valence-corrected chi connectivity index (χ4v) is 3.11. The number of para-hydroxylation sites is 1. The van der Waals surface area contributed by atoms with Gasteiger partial charge in [0.2, 0.25) is 0 Å². The molecule has 134 valence electrons. The fourth-order valence-electron chi connectivity index (χ4n) is 3.11. The van der Waals surface area contributed by atoms with Crippen LogP contribution in [0.15, 0.2) is 54.6 Å². The van der Waals surface area contributed by atoms with Crippen molar-refractivity contribution in [1.29, 1.82) is 0 Å². The van der Waals surface area contributed by atoms with Crippen LogP contribution < -0.4 is 14.8 Å². The highest BCUT2D eigenvalue weighted by atomic mass is 19.1. The molecule has 2 aromatic rings. The van der Waals surface area contributed by atoms with Crippen LogP contribution in [0.25, 0.3) is 0 Å². The van der Waals surface area contributed by atoms with E-state index in [-0.39, 0.29) is 18.0 Å². The first-order valence-electron chi connectivity index (χ1n) is 8.74. The van der Waals surface area contributed by atoms with Gasteiger partial charge in [0, 0.05) is 12.6 Å². The van der Waals surface area contributed by atoms with Crippen molar-refractivity contribution in [1.82, 2.24) is 5.32 Å². The van der Waals surface area contributed by atoms with Crippen molar-refractivity contribution in [3.05, 3.63) is 60.4 Å². The second kappa shape index (κ2) is 8.83. The molecule has 2 N–H and O–H groups in total. The van der Waals surface area contributed by atoms with Crippen LogP contribution in [0.3, 0.4) is 0 Å². The maximum atomic E-state index is 12.8. The Morgan fingerprint density at radius 3 is 2.52 bits per heavy atom. The summed E-state index contributed by atoms with van der Waals surface area (Å²) < 4.78 is 24.3. The predicted molar refractivity (Wildman–Crippen MR) is 94.4 cm³/mol. The Bertz CT molecular complexity index is 635. The number of hydrogen-bond acceptors (Lipinski definition) is 4. The highest BCUT2D eigenvalue weighted by Gasteiger charge is 2.32. The lowest BCUT2D eigenvalue weighted by Crippen LogP contribution is -2.51. The number of ether oxygens (including phenoxy) is 2. The summed E-state index contributed by atoms with van der Waals surface area (Å²) >= 11 is 0. The summed E-state index contributed by atoms with van der Waals surface area (Å²) in [6.07, 6.45) is 2.00. The Morgan fingerprint density at radius 1 is 1.00 bits per heavy atom. The van der Waals surface area contributed by atoms with Crippen LogP contribution in [0, 0.1) is 5.82 Å². The second-order valence-electron chi connectivity index (χ2n) is 6.25. The van der Waals surface area contributed by atoms with Gasteiger partial charge in [-0.2, -0.15) is 0 Å². The molecular formula is C20H24FNO3. The molecule has 0 bridgehead atoms. The summed E-state index contributed by atoms with van der Waals surface area (Å²) in [7, 11) is 0. The van der Waals surface area contributed by atoms with Crippen LogP contribution in [0.2, 0.25) is 0 Å². The Kier molecular flexibility index (Phi) is 6.25. The quantitative estimate of drug-likeness (QED) is 0.757.